The maximum absolute atomic E-state index is 5.79. The number of anilines is 3. The number of benzene rings is 2. The molecule has 3 rings (SSSR count). The second-order valence-corrected chi connectivity index (χ2v) is 4.94. The Morgan fingerprint density at radius 3 is 2.65 bits per heavy atom. The number of nitrogen functional groups attached to an aromatic ring is 1. The van der Waals surface area contributed by atoms with Gasteiger partial charge in [-0.2, -0.15) is 0 Å². The van der Waals surface area contributed by atoms with E-state index < -0.39 is 0 Å². The average molecular weight is 264 g/mol. The van der Waals surface area contributed by atoms with Gasteiger partial charge >= 0.3 is 0 Å². The van der Waals surface area contributed by atoms with Crippen LogP contribution >= 0.6 is 0 Å². The van der Waals surface area contributed by atoms with Gasteiger partial charge in [0.25, 0.3) is 0 Å². The molecule has 0 saturated carbocycles. The zero-order valence-electron chi connectivity index (χ0n) is 11.5. The average Bonchev–Trinajstić information content (AvgIpc) is 2.41. The van der Waals surface area contributed by atoms with E-state index in [4.69, 9.17) is 5.73 Å². The molecule has 3 N–H and O–H groups in total. The summed E-state index contributed by atoms with van der Waals surface area (Å²) in [6, 6.07) is 11.9. The molecule has 2 aromatic carbocycles. The molecule has 4 nitrogen and oxygen atoms in total. The molecule has 1 aromatic heterocycles. The molecule has 0 aliphatic rings. The van der Waals surface area contributed by atoms with Crippen LogP contribution in [0.4, 0.5) is 17.2 Å². The van der Waals surface area contributed by atoms with Crippen LogP contribution < -0.4 is 11.1 Å². The lowest BCUT2D eigenvalue weighted by molar-refractivity contribution is 1.21. The van der Waals surface area contributed by atoms with Crippen molar-refractivity contribution in [1.29, 1.82) is 0 Å². The summed E-state index contributed by atoms with van der Waals surface area (Å²) in [6.07, 6.45) is 1.55. The smallest absolute Gasteiger partial charge is 0.141 e. The highest BCUT2D eigenvalue weighted by Gasteiger charge is 2.06. The van der Waals surface area contributed by atoms with E-state index in [2.05, 4.69) is 47.3 Å². The fraction of sp³-hybridized carbons (Fsp3) is 0.125. The molecule has 0 aliphatic carbocycles. The minimum Gasteiger partial charge on any atom is -0.399 e. The highest BCUT2D eigenvalue weighted by molar-refractivity contribution is 5.92. The van der Waals surface area contributed by atoms with Crippen LogP contribution in [0.3, 0.4) is 0 Å². The van der Waals surface area contributed by atoms with Crippen molar-refractivity contribution < 1.29 is 0 Å². The second kappa shape index (κ2) is 4.81. The molecule has 0 aliphatic heterocycles. The molecular formula is C16H16N4. The van der Waals surface area contributed by atoms with Gasteiger partial charge < -0.3 is 11.1 Å². The van der Waals surface area contributed by atoms with E-state index in [0.29, 0.717) is 5.69 Å². The largest absolute Gasteiger partial charge is 0.399 e. The number of rotatable bonds is 2. The Bertz CT molecular complexity index is 781. The van der Waals surface area contributed by atoms with Crippen molar-refractivity contribution in [2.24, 2.45) is 0 Å². The fourth-order valence-electron chi connectivity index (χ4n) is 2.26. The molecule has 0 unspecified atom stereocenters. The fourth-order valence-corrected chi connectivity index (χ4v) is 2.26. The maximum Gasteiger partial charge on any atom is 0.141 e. The lowest BCUT2D eigenvalue weighted by atomic mass is 10.1. The Balaban J connectivity index is 2.06. The lowest BCUT2D eigenvalue weighted by Gasteiger charge is -2.11. The van der Waals surface area contributed by atoms with Crippen molar-refractivity contribution in [1.82, 2.24) is 9.97 Å². The quantitative estimate of drug-likeness (QED) is 0.694. The van der Waals surface area contributed by atoms with E-state index in [1.165, 1.54) is 11.1 Å². The van der Waals surface area contributed by atoms with Gasteiger partial charge in [0.15, 0.2) is 0 Å². The molecular weight excluding hydrogens is 248 g/mol. The number of hydrogen-bond acceptors (Lipinski definition) is 4. The van der Waals surface area contributed by atoms with Gasteiger partial charge in [-0.3, -0.25) is 0 Å². The van der Waals surface area contributed by atoms with Crippen molar-refractivity contribution >= 4 is 28.1 Å². The standard InChI is InChI=1S/C16H16N4/c1-10-3-6-14(11(2)7-10)20-16-13-5-4-12(17)8-15(13)18-9-19-16/h3-9H,17H2,1-2H3,(H,18,19,20). The third kappa shape index (κ3) is 2.28. The summed E-state index contributed by atoms with van der Waals surface area (Å²) in [7, 11) is 0. The molecule has 0 atom stereocenters. The number of nitrogens with two attached hydrogens (primary N) is 1. The number of aromatic nitrogens is 2. The molecule has 0 saturated heterocycles. The normalized spacial score (nSPS) is 10.7. The first-order valence-electron chi connectivity index (χ1n) is 6.48. The van der Waals surface area contributed by atoms with E-state index >= 15 is 0 Å². The Kier molecular flexibility index (Phi) is 2.99. The monoisotopic (exact) mass is 264 g/mol. The molecule has 3 aromatic rings. The Labute approximate surface area is 117 Å². The van der Waals surface area contributed by atoms with Crippen molar-refractivity contribution in [3.8, 4) is 0 Å². The number of fused-ring (bicyclic) bond motifs is 1. The van der Waals surface area contributed by atoms with Gasteiger partial charge in [0.1, 0.15) is 12.1 Å². The maximum atomic E-state index is 5.79. The van der Waals surface area contributed by atoms with Crippen LogP contribution in [0, 0.1) is 13.8 Å². The lowest BCUT2D eigenvalue weighted by Crippen LogP contribution is -1.98. The molecule has 0 amide bonds. The molecule has 4 heteroatoms. The molecule has 0 bridgehead atoms. The predicted octanol–water partition coefficient (Wildman–Crippen LogP) is 3.57. The topological polar surface area (TPSA) is 63.8 Å². The van der Waals surface area contributed by atoms with Crippen LogP contribution in [0.1, 0.15) is 11.1 Å². The number of hydrogen-bond donors (Lipinski definition) is 2. The van der Waals surface area contributed by atoms with Gasteiger partial charge in [0.2, 0.25) is 0 Å². The highest BCUT2D eigenvalue weighted by atomic mass is 15.0. The first-order valence-corrected chi connectivity index (χ1v) is 6.48. The summed E-state index contributed by atoms with van der Waals surface area (Å²) >= 11 is 0. The zero-order valence-corrected chi connectivity index (χ0v) is 11.5. The van der Waals surface area contributed by atoms with Crippen LogP contribution in [0.15, 0.2) is 42.7 Å². The van der Waals surface area contributed by atoms with Gasteiger partial charge in [0.05, 0.1) is 5.52 Å². The van der Waals surface area contributed by atoms with E-state index in [1.54, 1.807) is 6.33 Å². The SMILES string of the molecule is Cc1ccc(Nc2ncnc3cc(N)ccc23)c(C)c1. The first-order chi connectivity index (χ1) is 9.63. The molecule has 0 fully saturated rings. The van der Waals surface area contributed by atoms with E-state index in [1.807, 2.05) is 18.2 Å². The van der Waals surface area contributed by atoms with Crippen LogP contribution in [0.2, 0.25) is 0 Å². The third-order valence-electron chi connectivity index (χ3n) is 3.30. The highest BCUT2D eigenvalue weighted by Crippen LogP contribution is 2.26. The van der Waals surface area contributed by atoms with Gasteiger partial charge in [-0.1, -0.05) is 17.7 Å². The zero-order chi connectivity index (χ0) is 14.1. The van der Waals surface area contributed by atoms with Crippen molar-refractivity contribution in [2.75, 3.05) is 11.1 Å². The third-order valence-corrected chi connectivity index (χ3v) is 3.30. The first kappa shape index (κ1) is 12.4. The van der Waals surface area contributed by atoms with E-state index in [0.717, 1.165) is 22.4 Å². The molecule has 1 heterocycles. The predicted molar refractivity (Wildman–Crippen MR) is 83.1 cm³/mol. The molecule has 20 heavy (non-hydrogen) atoms. The van der Waals surface area contributed by atoms with Crippen LogP contribution in [-0.4, -0.2) is 9.97 Å². The summed E-state index contributed by atoms with van der Waals surface area (Å²) < 4.78 is 0. The number of aryl methyl sites for hydroxylation is 2. The van der Waals surface area contributed by atoms with Crippen LogP contribution in [-0.2, 0) is 0 Å². The minimum absolute atomic E-state index is 0.702. The minimum atomic E-state index is 0.702. The Hall–Kier alpha value is -2.62. The van der Waals surface area contributed by atoms with E-state index in [-0.39, 0.29) is 0 Å². The van der Waals surface area contributed by atoms with Gasteiger partial charge in [0, 0.05) is 16.8 Å². The second-order valence-electron chi connectivity index (χ2n) is 4.94. The van der Waals surface area contributed by atoms with Crippen molar-refractivity contribution in [3.63, 3.8) is 0 Å². The Morgan fingerprint density at radius 2 is 1.85 bits per heavy atom. The number of nitrogens with zero attached hydrogens (tertiary/aromatic N) is 2. The van der Waals surface area contributed by atoms with E-state index in [9.17, 15) is 0 Å². The van der Waals surface area contributed by atoms with Gasteiger partial charge in [-0.25, -0.2) is 9.97 Å². The molecule has 0 spiro atoms. The van der Waals surface area contributed by atoms with Crippen molar-refractivity contribution in [2.45, 2.75) is 13.8 Å². The number of nitrogens with one attached hydrogen (secondary N) is 1. The summed E-state index contributed by atoms with van der Waals surface area (Å²) in [5.41, 5.74) is 10.8. The van der Waals surface area contributed by atoms with Crippen molar-refractivity contribution in [3.05, 3.63) is 53.9 Å². The summed E-state index contributed by atoms with van der Waals surface area (Å²) in [5.74, 6) is 0.793. The summed E-state index contributed by atoms with van der Waals surface area (Å²) in [6.45, 7) is 4.16. The molecule has 100 valence electrons. The van der Waals surface area contributed by atoms with Crippen LogP contribution in [0.5, 0.6) is 0 Å². The Morgan fingerprint density at radius 1 is 1.00 bits per heavy atom. The summed E-state index contributed by atoms with van der Waals surface area (Å²) in [5, 5.41) is 4.33. The van der Waals surface area contributed by atoms with Gasteiger partial charge in [-0.15, -0.1) is 0 Å². The molecule has 0 radical (unpaired) electrons. The summed E-state index contributed by atoms with van der Waals surface area (Å²) in [4.78, 5) is 8.58. The van der Waals surface area contributed by atoms with Crippen LogP contribution in [0.25, 0.3) is 10.9 Å². The van der Waals surface area contributed by atoms with Gasteiger partial charge in [-0.05, 0) is 43.7 Å².